The number of fused-ring (bicyclic) bond motifs is 1. The van der Waals surface area contributed by atoms with Crippen molar-refractivity contribution < 1.29 is 13.3 Å². The highest BCUT2D eigenvalue weighted by Crippen LogP contribution is 2.28. The van der Waals surface area contributed by atoms with Crippen LogP contribution in [-0.4, -0.2) is 18.3 Å². The molecule has 0 bridgehead atoms. The lowest BCUT2D eigenvalue weighted by atomic mass is 10.2. The summed E-state index contributed by atoms with van der Waals surface area (Å²) in [6.07, 6.45) is 1.29. The standard InChI is InChI=1S/C14H10ClN3O4S/c15-9-2-1-3-10(6-9)17-23(21,22)14-8-16-13-5-4-11(18(19)20)7-12(13)14/h1-8,16-17H. The van der Waals surface area contributed by atoms with Gasteiger partial charge in [0.2, 0.25) is 0 Å². The summed E-state index contributed by atoms with van der Waals surface area (Å²) in [5.41, 5.74) is 0.607. The van der Waals surface area contributed by atoms with Gasteiger partial charge in [-0.3, -0.25) is 14.8 Å². The zero-order valence-electron chi connectivity index (χ0n) is 11.5. The summed E-state index contributed by atoms with van der Waals surface area (Å²) < 4.78 is 27.5. The average molecular weight is 352 g/mol. The summed E-state index contributed by atoms with van der Waals surface area (Å²) in [7, 11) is -3.92. The Morgan fingerprint density at radius 1 is 1.17 bits per heavy atom. The SMILES string of the molecule is O=[N+]([O-])c1ccc2[nH]cc(S(=O)(=O)Nc3cccc(Cl)c3)c2c1. The first-order valence-corrected chi connectivity index (χ1v) is 8.27. The van der Waals surface area contributed by atoms with Crippen LogP contribution in [0.15, 0.2) is 53.6 Å². The lowest BCUT2D eigenvalue weighted by molar-refractivity contribution is -0.384. The Balaban J connectivity index is 2.07. The molecule has 0 saturated carbocycles. The van der Waals surface area contributed by atoms with E-state index in [9.17, 15) is 18.5 Å². The van der Waals surface area contributed by atoms with E-state index in [0.29, 0.717) is 16.2 Å². The van der Waals surface area contributed by atoms with Crippen molar-refractivity contribution in [3.8, 4) is 0 Å². The first kappa shape index (κ1) is 15.3. The van der Waals surface area contributed by atoms with Crippen LogP contribution in [0.3, 0.4) is 0 Å². The number of nitro groups is 1. The predicted octanol–water partition coefficient (Wildman–Crippen LogP) is 3.53. The Bertz CT molecular complexity index is 1010. The van der Waals surface area contributed by atoms with Crippen molar-refractivity contribution >= 4 is 43.9 Å². The maximum atomic E-state index is 12.5. The van der Waals surface area contributed by atoms with Crippen molar-refractivity contribution in [2.75, 3.05) is 4.72 Å². The van der Waals surface area contributed by atoms with Gasteiger partial charge in [0, 0.05) is 34.3 Å². The first-order chi connectivity index (χ1) is 10.9. The van der Waals surface area contributed by atoms with Crippen LogP contribution in [0.1, 0.15) is 0 Å². The number of anilines is 1. The highest BCUT2D eigenvalue weighted by molar-refractivity contribution is 7.93. The molecule has 3 aromatic rings. The normalized spacial score (nSPS) is 11.5. The van der Waals surface area contributed by atoms with Crippen molar-refractivity contribution in [2.24, 2.45) is 0 Å². The van der Waals surface area contributed by atoms with Gasteiger partial charge in [0.1, 0.15) is 4.90 Å². The number of nitrogens with one attached hydrogen (secondary N) is 2. The van der Waals surface area contributed by atoms with Crippen LogP contribution in [0.5, 0.6) is 0 Å². The molecule has 118 valence electrons. The lowest BCUT2D eigenvalue weighted by Gasteiger charge is -2.07. The summed E-state index contributed by atoms with van der Waals surface area (Å²) in [5, 5.41) is 11.5. The molecule has 1 heterocycles. The molecule has 2 aromatic carbocycles. The van der Waals surface area contributed by atoms with Gasteiger partial charge in [0.25, 0.3) is 15.7 Å². The Hall–Kier alpha value is -2.58. The molecule has 0 aliphatic carbocycles. The van der Waals surface area contributed by atoms with Crippen LogP contribution in [0.25, 0.3) is 10.9 Å². The average Bonchev–Trinajstić information content (AvgIpc) is 2.90. The van der Waals surface area contributed by atoms with Crippen LogP contribution in [0.4, 0.5) is 11.4 Å². The van der Waals surface area contributed by atoms with Gasteiger partial charge in [-0.25, -0.2) is 8.42 Å². The largest absolute Gasteiger partial charge is 0.360 e. The molecule has 23 heavy (non-hydrogen) atoms. The van der Waals surface area contributed by atoms with Crippen molar-refractivity contribution in [2.45, 2.75) is 4.90 Å². The molecule has 0 radical (unpaired) electrons. The minimum absolute atomic E-state index is 0.0730. The Morgan fingerprint density at radius 2 is 1.96 bits per heavy atom. The van der Waals surface area contributed by atoms with E-state index in [1.807, 2.05) is 0 Å². The Morgan fingerprint density at radius 3 is 2.65 bits per heavy atom. The molecule has 1 aromatic heterocycles. The lowest BCUT2D eigenvalue weighted by Crippen LogP contribution is -2.12. The van der Waals surface area contributed by atoms with Crippen molar-refractivity contribution in [3.05, 3.63) is 63.8 Å². The number of H-pyrrole nitrogens is 1. The minimum atomic E-state index is -3.92. The van der Waals surface area contributed by atoms with Gasteiger partial charge >= 0.3 is 0 Å². The maximum Gasteiger partial charge on any atom is 0.270 e. The van der Waals surface area contributed by atoms with Gasteiger partial charge in [0.15, 0.2) is 0 Å². The van der Waals surface area contributed by atoms with Gasteiger partial charge in [-0.2, -0.15) is 0 Å². The van der Waals surface area contributed by atoms with E-state index in [1.165, 1.54) is 30.5 Å². The number of rotatable bonds is 4. The second kappa shape index (κ2) is 5.56. The molecule has 0 saturated heterocycles. The van der Waals surface area contributed by atoms with Gasteiger partial charge < -0.3 is 4.98 Å². The number of benzene rings is 2. The monoisotopic (exact) mass is 351 g/mol. The van der Waals surface area contributed by atoms with Crippen molar-refractivity contribution in [1.29, 1.82) is 0 Å². The van der Waals surface area contributed by atoms with E-state index in [0.717, 1.165) is 0 Å². The first-order valence-electron chi connectivity index (χ1n) is 6.41. The zero-order valence-corrected chi connectivity index (χ0v) is 13.1. The molecule has 9 heteroatoms. The quantitative estimate of drug-likeness (QED) is 0.554. The topological polar surface area (TPSA) is 105 Å². The minimum Gasteiger partial charge on any atom is -0.360 e. The third kappa shape index (κ3) is 2.99. The number of aromatic nitrogens is 1. The highest BCUT2D eigenvalue weighted by atomic mass is 35.5. The Labute approximate surface area is 136 Å². The molecular weight excluding hydrogens is 342 g/mol. The van der Waals surface area contributed by atoms with Crippen LogP contribution < -0.4 is 4.72 Å². The highest BCUT2D eigenvalue weighted by Gasteiger charge is 2.21. The predicted molar refractivity (Wildman–Crippen MR) is 87.2 cm³/mol. The number of sulfonamides is 1. The molecule has 2 N–H and O–H groups in total. The molecule has 0 amide bonds. The number of aromatic amines is 1. The van der Waals surface area contributed by atoms with Crippen LogP contribution in [0.2, 0.25) is 5.02 Å². The molecule has 3 rings (SSSR count). The van der Waals surface area contributed by atoms with E-state index >= 15 is 0 Å². The fourth-order valence-electron chi connectivity index (χ4n) is 2.18. The van der Waals surface area contributed by atoms with Gasteiger partial charge in [0.05, 0.1) is 10.6 Å². The molecule has 0 spiro atoms. The molecular formula is C14H10ClN3O4S. The number of non-ortho nitro benzene ring substituents is 1. The smallest absolute Gasteiger partial charge is 0.270 e. The van der Waals surface area contributed by atoms with Crippen molar-refractivity contribution in [3.63, 3.8) is 0 Å². The second-order valence-corrected chi connectivity index (χ2v) is 6.84. The number of halogens is 1. The zero-order chi connectivity index (χ0) is 16.6. The molecule has 0 unspecified atom stereocenters. The van der Waals surface area contributed by atoms with E-state index in [1.54, 1.807) is 18.2 Å². The van der Waals surface area contributed by atoms with Gasteiger partial charge in [-0.1, -0.05) is 17.7 Å². The number of hydrogen-bond acceptors (Lipinski definition) is 4. The summed E-state index contributed by atoms with van der Waals surface area (Å²) >= 11 is 5.83. The number of hydrogen-bond donors (Lipinski definition) is 2. The summed E-state index contributed by atoms with van der Waals surface area (Å²) in [6, 6.07) is 10.2. The summed E-state index contributed by atoms with van der Waals surface area (Å²) in [6.45, 7) is 0. The van der Waals surface area contributed by atoms with Crippen LogP contribution in [-0.2, 0) is 10.0 Å². The van der Waals surface area contributed by atoms with E-state index in [4.69, 9.17) is 11.6 Å². The van der Waals surface area contributed by atoms with Gasteiger partial charge in [-0.05, 0) is 24.3 Å². The molecule has 7 nitrogen and oxygen atoms in total. The Kier molecular flexibility index (Phi) is 3.70. The van der Waals surface area contributed by atoms with Crippen molar-refractivity contribution in [1.82, 2.24) is 4.98 Å². The molecule has 0 aliphatic heterocycles. The van der Waals surface area contributed by atoms with Crippen LogP contribution >= 0.6 is 11.6 Å². The fourth-order valence-corrected chi connectivity index (χ4v) is 3.59. The number of nitro benzene ring substituents is 1. The van der Waals surface area contributed by atoms with E-state index in [2.05, 4.69) is 9.71 Å². The summed E-state index contributed by atoms with van der Waals surface area (Å²) in [4.78, 5) is 13.0. The maximum absolute atomic E-state index is 12.5. The van der Waals surface area contributed by atoms with Crippen LogP contribution in [0, 0.1) is 10.1 Å². The van der Waals surface area contributed by atoms with E-state index in [-0.39, 0.29) is 16.0 Å². The summed E-state index contributed by atoms with van der Waals surface area (Å²) in [5.74, 6) is 0. The van der Waals surface area contributed by atoms with E-state index < -0.39 is 14.9 Å². The second-order valence-electron chi connectivity index (χ2n) is 4.76. The number of nitrogens with zero attached hydrogens (tertiary/aromatic N) is 1. The molecule has 0 fully saturated rings. The third-order valence-electron chi connectivity index (χ3n) is 3.20. The molecule has 0 aliphatic rings. The van der Waals surface area contributed by atoms with Gasteiger partial charge in [-0.15, -0.1) is 0 Å². The third-order valence-corrected chi connectivity index (χ3v) is 4.86. The molecule has 0 atom stereocenters. The fraction of sp³-hybridized carbons (Fsp3) is 0.